The molecular weight excluding hydrogens is 679 g/mol. The van der Waals surface area contributed by atoms with Crippen molar-refractivity contribution in [1.29, 1.82) is 0 Å². The summed E-state index contributed by atoms with van der Waals surface area (Å²) in [5, 5.41) is 7.36. The summed E-state index contributed by atoms with van der Waals surface area (Å²) < 4.78 is 13.0. The van der Waals surface area contributed by atoms with E-state index in [9.17, 15) is 9.59 Å². The number of carbonyl (C=O) groups is 2. The monoisotopic (exact) mass is 714 g/mol. The van der Waals surface area contributed by atoms with Crippen molar-refractivity contribution in [1.82, 2.24) is 29.2 Å². The molecule has 0 bridgehead atoms. The van der Waals surface area contributed by atoms with E-state index in [1.165, 1.54) is 26.4 Å². The summed E-state index contributed by atoms with van der Waals surface area (Å²) in [6.07, 6.45) is 7.80. The summed E-state index contributed by atoms with van der Waals surface area (Å²) in [4.78, 5) is 42.8. The highest BCUT2D eigenvalue weighted by Crippen LogP contribution is 2.47. The number of piperazine rings is 1. The minimum absolute atomic E-state index is 0.0305. The number of halogens is 2. The third kappa shape index (κ3) is 7.09. The SMILES string of the molecule is C=CC(=O)Nc1ccccc1Nc1ncc2cc(-c3c(Cl)c(OC)cc(OC)c3Cl)c3nc(CCCN4CCN(C(=O)C=C)CC4)cn3c2n1. The Labute approximate surface area is 299 Å². The lowest BCUT2D eigenvalue weighted by Crippen LogP contribution is -2.48. The minimum atomic E-state index is -0.338. The number of ether oxygens (including phenoxy) is 2. The Morgan fingerprint density at radius 3 is 2.30 bits per heavy atom. The van der Waals surface area contributed by atoms with Gasteiger partial charge in [0.1, 0.15) is 17.1 Å². The lowest BCUT2D eigenvalue weighted by atomic mass is 10.0. The topological polar surface area (TPSA) is 126 Å². The molecule has 2 N–H and O–H groups in total. The minimum Gasteiger partial charge on any atom is -0.495 e. The van der Waals surface area contributed by atoms with Gasteiger partial charge in [-0.2, -0.15) is 4.98 Å². The van der Waals surface area contributed by atoms with Crippen LogP contribution in [0.15, 0.2) is 74.1 Å². The largest absolute Gasteiger partial charge is 0.495 e. The Hall–Kier alpha value is -5.17. The molecule has 0 aliphatic carbocycles. The highest BCUT2D eigenvalue weighted by molar-refractivity contribution is 6.41. The Kier molecular flexibility index (Phi) is 10.5. The molecule has 1 aliphatic heterocycles. The third-order valence-electron chi connectivity index (χ3n) is 8.55. The molecule has 0 radical (unpaired) electrons. The number of carbonyl (C=O) groups excluding carboxylic acids is 2. The molecule has 2 amide bonds. The van der Waals surface area contributed by atoms with Gasteiger partial charge in [-0.25, -0.2) is 9.97 Å². The standard InChI is InChI=1S/C36H36Cl2N8O4/c1-5-29(47)41-25-11-7-8-12-26(25)42-36-39-20-22-18-24(31-32(37)27(49-3)19-28(50-4)33(31)38)35-40-23(21-46(35)34(22)43-36)10-9-13-44-14-16-45(17-15-44)30(48)6-2/h5-8,11-12,18-21H,1-2,9-10,13-17H2,3-4H3,(H,41,47)(H,39,42,43). The second-order valence-corrected chi connectivity index (χ2v) is 12.3. The molecule has 1 saturated heterocycles. The third-order valence-corrected chi connectivity index (χ3v) is 9.30. The fourth-order valence-corrected chi connectivity index (χ4v) is 6.68. The molecule has 50 heavy (non-hydrogen) atoms. The number of methoxy groups -OCH3 is 2. The number of imidazole rings is 1. The van der Waals surface area contributed by atoms with Crippen LogP contribution in [0.1, 0.15) is 12.1 Å². The van der Waals surface area contributed by atoms with E-state index in [1.807, 2.05) is 39.8 Å². The number of fused-ring (bicyclic) bond motifs is 3. The van der Waals surface area contributed by atoms with E-state index in [0.29, 0.717) is 86.2 Å². The van der Waals surface area contributed by atoms with Crippen LogP contribution in [-0.2, 0) is 16.0 Å². The van der Waals surface area contributed by atoms with Gasteiger partial charge < -0.3 is 25.0 Å². The van der Waals surface area contributed by atoms with Crippen LogP contribution < -0.4 is 20.1 Å². The van der Waals surface area contributed by atoms with Gasteiger partial charge in [0.2, 0.25) is 17.8 Å². The summed E-state index contributed by atoms with van der Waals surface area (Å²) in [6.45, 7) is 11.0. The number of hydrogen-bond acceptors (Lipinski definition) is 9. The zero-order chi connectivity index (χ0) is 35.4. The van der Waals surface area contributed by atoms with Crippen molar-refractivity contribution < 1.29 is 19.1 Å². The van der Waals surface area contributed by atoms with Gasteiger partial charge in [-0.05, 0) is 49.7 Å². The first-order valence-electron chi connectivity index (χ1n) is 16.0. The maximum atomic E-state index is 12.0. The van der Waals surface area contributed by atoms with Gasteiger partial charge in [0.15, 0.2) is 5.65 Å². The molecule has 0 spiro atoms. The van der Waals surface area contributed by atoms with Crippen LogP contribution in [0.5, 0.6) is 11.5 Å². The molecule has 0 unspecified atom stereocenters. The quantitative estimate of drug-likeness (QED) is 0.141. The van der Waals surface area contributed by atoms with Gasteiger partial charge in [0.05, 0.1) is 41.3 Å². The smallest absolute Gasteiger partial charge is 0.247 e. The van der Waals surface area contributed by atoms with Crippen LogP contribution in [0.3, 0.4) is 0 Å². The van der Waals surface area contributed by atoms with Crippen molar-refractivity contribution in [3.05, 3.63) is 89.8 Å². The van der Waals surface area contributed by atoms with Gasteiger partial charge >= 0.3 is 0 Å². The number of nitrogens with zero attached hydrogens (tertiary/aromatic N) is 6. The first-order valence-corrected chi connectivity index (χ1v) is 16.7. The Morgan fingerprint density at radius 1 is 0.940 bits per heavy atom. The van der Waals surface area contributed by atoms with Crippen LogP contribution in [0.4, 0.5) is 17.3 Å². The summed E-state index contributed by atoms with van der Waals surface area (Å²) >= 11 is 13.8. The number of nitrogens with one attached hydrogen (secondary N) is 2. The average molecular weight is 716 g/mol. The lowest BCUT2D eigenvalue weighted by Gasteiger charge is -2.34. The molecule has 12 nitrogen and oxygen atoms in total. The second kappa shape index (κ2) is 15.2. The van der Waals surface area contributed by atoms with Crippen LogP contribution in [0.2, 0.25) is 10.0 Å². The van der Waals surface area contributed by atoms with Crippen molar-refractivity contribution >= 4 is 69.0 Å². The molecule has 5 aromatic rings. The molecule has 4 heterocycles. The number of aryl methyl sites for hydroxylation is 1. The van der Waals surface area contributed by atoms with Crippen molar-refractivity contribution in [2.24, 2.45) is 0 Å². The summed E-state index contributed by atoms with van der Waals surface area (Å²) in [5.74, 6) is 0.754. The lowest BCUT2D eigenvalue weighted by molar-refractivity contribution is -0.127. The molecule has 0 saturated carbocycles. The first-order chi connectivity index (χ1) is 24.2. The average Bonchev–Trinajstić information content (AvgIpc) is 3.57. The number of para-hydroxylation sites is 2. The molecular formula is C36H36Cl2N8O4. The predicted octanol–water partition coefficient (Wildman–Crippen LogP) is 6.40. The van der Waals surface area contributed by atoms with Crippen molar-refractivity contribution in [3.63, 3.8) is 0 Å². The van der Waals surface area contributed by atoms with E-state index in [0.717, 1.165) is 31.7 Å². The zero-order valence-electron chi connectivity index (χ0n) is 27.7. The van der Waals surface area contributed by atoms with E-state index in [-0.39, 0.29) is 11.8 Å². The van der Waals surface area contributed by atoms with Crippen LogP contribution in [-0.4, -0.2) is 87.9 Å². The fourth-order valence-electron chi connectivity index (χ4n) is 5.97. The first kappa shape index (κ1) is 34.7. The number of anilines is 3. The van der Waals surface area contributed by atoms with Crippen LogP contribution in [0.25, 0.3) is 27.8 Å². The highest BCUT2D eigenvalue weighted by Gasteiger charge is 2.24. The van der Waals surface area contributed by atoms with Gasteiger partial charge in [0.25, 0.3) is 0 Å². The Morgan fingerprint density at radius 2 is 1.64 bits per heavy atom. The second-order valence-electron chi connectivity index (χ2n) is 11.6. The number of aromatic nitrogens is 4. The normalized spacial score (nSPS) is 13.3. The van der Waals surface area contributed by atoms with Crippen molar-refractivity contribution in [2.75, 3.05) is 57.6 Å². The summed E-state index contributed by atoms with van der Waals surface area (Å²) in [6, 6.07) is 10.8. The highest BCUT2D eigenvalue weighted by atomic mass is 35.5. The molecule has 6 rings (SSSR count). The van der Waals surface area contributed by atoms with Gasteiger partial charge in [-0.1, -0.05) is 48.5 Å². The molecule has 1 fully saturated rings. The van der Waals surface area contributed by atoms with Gasteiger partial charge in [-0.15, -0.1) is 0 Å². The number of hydrogen-bond donors (Lipinski definition) is 2. The van der Waals surface area contributed by atoms with E-state index in [1.54, 1.807) is 18.3 Å². The van der Waals surface area contributed by atoms with Crippen LogP contribution >= 0.6 is 23.2 Å². The van der Waals surface area contributed by atoms with E-state index in [2.05, 4.69) is 33.7 Å². The Balaban J connectivity index is 1.38. The number of amides is 2. The predicted molar refractivity (Wildman–Crippen MR) is 197 cm³/mol. The summed E-state index contributed by atoms with van der Waals surface area (Å²) in [7, 11) is 3.06. The molecule has 1 aliphatic rings. The van der Waals surface area contributed by atoms with Crippen molar-refractivity contribution in [2.45, 2.75) is 12.8 Å². The Bertz CT molecular complexity index is 2080. The molecule has 14 heteroatoms. The number of rotatable bonds is 12. The van der Waals surface area contributed by atoms with Gasteiger partial charge in [0, 0.05) is 61.2 Å². The number of benzene rings is 2. The van der Waals surface area contributed by atoms with Crippen molar-refractivity contribution in [3.8, 4) is 22.6 Å². The fraction of sp³-hybridized carbons (Fsp3) is 0.250. The molecule has 2 aromatic carbocycles. The van der Waals surface area contributed by atoms with Gasteiger partial charge in [-0.3, -0.25) is 18.9 Å². The maximum Gasteiger partial charge on any atom is 0.247 e. The molecule has 3 aromatic heterocycles. The van der Waals surface area contributed by atoms with E-state index in [4.69, 9.17) is 42.6 Å². The van der Waals surface area contributed by atoms with E-state index < -0.39 is 0 Å². The van der Waals surface area contributed by atoms with E-state index >= 15 is 0 Å². The zero-order valence-corrected chi connectivity index (χ0v) is 29.2. The maximum absolute atomic E-state index is 12.0. The summed E-state index contributed by atoms with van der Waals surface area (Å²) in [5.41, 5.74) is 4.36. The molecule has 258 valence electrons. The molecule has 0 atom stereocenters. The number of pyridine rings is 1. The van der Waals surface area contributed by atoms with Crippen LogP contribution in [0, 0.1) is 0 Å².